The summed E-state index contributed by atoms with van der Waals surface area (Å²) in [5, 5.41) is 4.05. The van der Waals surface area contributed by atoms with Crippen LogP contribution in [0.3, 0.4) is 0 Å². The van der Waals surface area contributed by atoms with Crippen molar-refractivity contribution in [1.29, 1.82) is 0 Å². The lowest BCUT2D eigenvalue weighted by molar-refractivity contribution is -0.113. The number of hydrogen-bond donors (Lipinski definition) is 1. The highest BCUT2D eigenvalue weighted by Crippen LogP contribution is 2.23. The maximum absolute atomic E-state index is 12.4. The number of carbonyl (C=O) groups excluding carboxylic acids is 1. The molecule has 0 atom stereocenters. The van der Waals surface area contributed by atoms with Crippen molar-refractivity contribution in [2.45, 2.75) is 25.4 Å². The van der Waals surface area contributed by atoms with E-state index in [4.69, 9.17) is 0 Å². The van der Waals surface area contributed by atoms with E-state index in [1.807, 2.05) is 37.3 Å². The molecule has 0 aliphatic heterocycles. The van der Waals surface area contributed by atoms with Crippen molar-refractivity contribution in [2.75, 3.05) is 11.1 Å². The molecule has 5 nitrogen and oxygen atoms in total. The Balaban J connectivity index is 1.70. The van der Waals surface area contributed by atoms with Crippen LogP contribution in [0.4, 0.5) is 5.69 Å². The number of aryl methyl sites for hydroxylation is 2. The van der Waals surface area contributed by atoms with E-state index in [0.717, 1.165) is 21.8 Å². The zero-order valence-corrected chi connectivity index (χ0v) is 16.0. The molecule has 0 saturated heterocycles. The molecule has 1 aromatic carbocycles. The summed E-state index contributed by atoms with van der Waals surface area (Å²) in [5.74, 6) is 0.0806. The Morgan fingerprint density at radius 1 is 1.32 bits per heavy atom. The fourth-order valence-electron chi connectivity index (χ4n) is 2.45. The second kappa shape index (κ2) is 7.41. The molecule has 1 amide bonds. The lowest BCUT2D eigenvalue weighted by atomic mass is 10.1. The minimum absolute atomic E-state index is 0.0765. The highest BCUT2D eigenvalue weighted by Gasteiger charge is 2.13. The quantitative estimate of drug-likeness (QED) is 0.548. The highest BCUT2D eigenvalue weighted by molar-refractivity contribution is 7.99. The van der Waals surface area contributed by atoms with Crippen LogP contribution >= 0.6 is 23.1 Å². The molecule has 0 unspecified atom stereocenters. The Morgan fingerprint density at radius 3 is 2.72 bits per heavy atom. The third kappa shape index (κ3) is 3.93. The summed E-state index contributed by atoms with van der Waals surface area (Å²) in [5.41, 5.74) is 1.92. The van der Waals surface area contributed by atoms with Gasteiger partial charge in [0.05, 0.1) is 11.1 Å². The molecule has 0 saturated carbocycles. The topological polar surface area (TPSA) is 64.0 Å². The normalized spacial score (nSPS) is 11.0. The third-order valence-electron chi connectivity index (χ3n) is 3.83. The van der Waals surface area contributed by atoms with Crippen LogP contribution in [-0.2, 0) is 18.3 Å². The molecule has 0 aliphatic rings. The van der Waals surface area contributed by atoms with Crippen LogP contribution < -0.4 is 10.9 Å². The first-order valence-electron chi connectivity index (χ1n) is 7.96. The van der Waals surface area contributed by atoms with Gasteiger partial charge in [0.25, 0.3) is 5.56 Å². The van der Waals surface area contributed by atoms with Crippen molar-refractivity contribution in [3.05, 3.63) is 51.1 Å². The van der Waals surface area contributed by atoms with Gasteiger partial charge in [-0.15, -0.1) is 11.3 Å². The van der Waals surface area contributed by atoms with E-state index in [1.165, 1.54) is 33.2 Å². The summed E-state index contributed by atoms with van der Waals surface area (Å²) >= 11 is 2.76. The molecule has 2 aromatic heterocycles. The molecule has 0 bridgehead atoms. The van der Waals surface area contributed by atoms with Crippen LogP contribution in [0.1, 0.15) is 17.4 Å². The SMILES string of the molecule is CCc1ccc(NC(=O)CSc2nc3sc(C)cc3c(=O)n2C)cc1. The molecule has 0 fully saturated rings. The van der Waals surface area contributed by atoms with Crippen LogP contribution in [0.15, 0.2) is 40.3 Å². The van der Waals surface area contributed by atoms with Gasteiger partial charge in [0.2, 0.25) is 5.91 Å². The first kappa shape index (κ1) is 17.7. The minimum Gasteiger partial charge on any atom is -0.325 e. The van der Waals surface area contributed by atoms with Gasteiger partial charge in [0.1, 0.15) is 4.83 Å². The van der Waals surface area contributed by atoms with Gasteiger partial charge in [-0.25, -0.2) is 4.98 Å². The molecule has 1 N–H and O–H groups in total. The molecule has 0 radical (unpaired) electrons. The number of hydrogen-bond acceptors (Lipinski definition) is 5. The molecule has 25 heavy (non-hydrogen) atoms. The van der Waals surface area contributed by atoms with Crippen LogP contribution in [-0.4, -0.2) is 21.2 Å². The van der Waals surface area contributed by atoms with Crippen molar-refractivity contribution in [1.82, 2.24) is 9.55 Å². The van der Waals surface area contributed by atoms with Gasteiger partial charge >= 0.3 is 0 Å². The maximum atomic E-state index is 12.4. The number of nitrogens with zero attached hydrogens (tertiary/aromatic N) is 2. The number of carbonyl (C=O) groups is 1. The van der Waals surface area contributed by atoms with Gasteiger partial charge in [0.15, 0.2) is 5.16 Å². The summed E-state index contributed by atoms with van der Waals surface area (Å²) in [4.78, 5) is 30.8. The first-order chi connectivity index (χ1) is 12.0. The second-order valence-electron chi connectivity index (χ2n) is 5.72. The zero-order valence-electron chi connectivity index (χ0n) is 14.3. The molecule has 7 heteroatoms. The maximum Gasteiger partial charge on any atom is 0.262 e. The van der Waals surface area contributed by atoms with Gasteiger partial charge in [0, 0.05) is 17.6 Å². The smallest absolute Gasteiger partial charge is 0.262 e. The van der Waals surface area contributed by atoms with Crippen LogP contribution in [0.2, 0.25) is 0 Å². The summed E-state index contributed by atoms with van der Waals surface area (Å²) in [6, 6.07) is 9.66. The summed E-state index contributed by atoms with van der Waals surface area (Å²) < 4.78 is 1.50. The standard InChI is InChI=1S/C18H19N3O2S2/c1-4-12-5-7-13(8-6-12)19-15(22)10-24-18-20-16-14(9-11(2)25-16)17(23)21(18)3/h5-9H,4,10H2,1-3H3,(H,19,22). The summed E-state index contributed by atoms with van der Waals surface area (Å²) in [7, 11) is 1.69. The van der Waals surface area contributed by atoms with E-state index in [9.17, 15) is 9.59 Å². The largest absolute Gasteiger partial charge is 0.325 e. The minimum atomic E-state index is -0.119. The molecule has 0 spiro atoms. The van der Waals surface area contributed by atoms with Gasteiger partial charge < -0.3 is 5.32 Å². The average molecular weight is 374 g/mol. The molecule has 0 aliphatic carbocycles. The monoisotopic (exact) mass is 373 g/mol. The van der Waals surface area contributed by atoms with E-state index in [2.05, 4.69) is 17.2 Å². The Morgan fingerprint density at radius 2 is 2.04 bits per heavy atom. The van der Waals surface area contributed by atoms with E-state index in [-0.39, 0.29) is 17.2 Å². The second-order valence-corrected chi connectivity index (χ2v) is 7.90. The van der Waals surface area contributed by atoms with Crippen LogP contribution in [0.25, 0.3) is 10.2 Å². The van der Waals surface area contributed by atoms with Crippen LogP contribution in [0.5, 0.6) is 0 Å². The zero-order chi connectivity index (χ0) is 18.0. The molecule has 130 valence electrons. The number of thioether (sulfide) groups is 1. The van der Waals surface area contributed by atoms with E-state index in [1.54, 1.807) is 7.05 Å². The molecule has 3 rings (SSSR count). The van der Waals surface area contributed by atoms with Crippen molar-refractivity contribution < 1.29 is 4.79 Å². The number of fused-ring (bicyclic) bond motifs is 1. The number of nitrogens with one attached hydrogen (secondary N) is 1. The number of rotatable bonds is 5. The highest BCUT2D eigenvalue weighted by atomic mass is 32.2. The Hall–Kier alpha value is -2.12. The number of anilines is 1. The van der Waals surface area contributed by atoms with E-state index in [0.29, 0.717) is 10.5 Å². The van der Waals surface area contributed by atoms with Crippen LogP contribution in [0, 0.1) is 6.92 Å². The van der Waals surface area contributed by atoms with Crippen molar-refractivity contribution in [3.63, 3.8) is 0 Å². The average Bonchev–Trinajstić information content (AvgIpc) is 2.98. The molecule has 3 aromatic rings. The van der Waals surface area contributed by atoms with Gasteiger partial charge in [-0.1, -0.05) is 30.8 Å². The fourth-order valence-corrected chi connectivity index (χ4v) is 4.14. The predicted octanol–water partition coefficient (Wildman–Crippen LogP) is 3.60. The first-order valence-corrected chi connectivity index (χ1v) is 9.77. The number of thiophene rings is 1. The summed E-state index contributed by atoms with van der Waals surface area (Å²) in [6.45, 7) is 4.04. The van der Waals surface area contributed by atoms with Gasteiger partial charge in [-0.3, -0.25) is 14.2 Å². The third-order valence-corrected chi connectivity index (χ3v) is 5.81. The fraction of sp³-hybridized carbons (Fsp3) is 0.278. The number of amides is 1. The van der Waals surface area contributed by atoms with Gasteiger partial charge in [-0.2, -0.15) is 0 Å². The Kier molecular flexibility index (Phi) is 5.24. The predicted molar refractivity (Wildman–Crippen MR) is 105 cm³/mol. The van der Waals surface area contributed by atoms with E-state index < -0.39 is 0 Å². The number of aromatic nitrogens is 2. The molecular formula is C18H19N3O2S2. The van der Waals surface area contributed by atoms with Crippen molar-refractivity contribution >= 4 is 44.9 Å². The Bertz CT molecular complexity index is 974. The Labute approximate surface area is 154 Å². The molecule has 2 heterocycles. The van der Waals surface area contributed by atoms with E-state index >= 15 is 0 Å². The summed E-state index contributed by atoms with van der Waals surface area (Å²) in [6.07, 6.45) is 0.967. The number of benzene rings is 1. The van der Waals surface area contributed by atoms with Crippen molar-refractivity contribution in [3.8, 4) is 0 Å². The lowest BCUT2D eigenvalue weighted by Gasteiger charge is -2.08. The van der Waals surface area contributed by atoms with Crippen molar-refractivity contribution in [2.24, 2.45) is 7.05 Å². The van der Waals surface area contributed by atoms with Gasteiger partial charge in [-0.05, 0) is 37.1 Å². The molecular weight excluding hydrogens is 354 g/mol. The lowest BCUT2D eigenvalue weighted by Crippen LogP contribution is -2.20.